The van der Waals surface area contributed by atoms with Gasteiger partial charge >= 0.3 is 6.03 Å². The highest BCUT2D eigenvalue weighted by Crippen LogP contribution is 2.15. The van der Waals surface area contributed by atoms with Crippen LogP contribution in [0.4, 0.5) is 10.5 Å². The van der Waals surface area contributed by atoms with E-state index in [4.69, 9.17) is 4.74 Å². The first-order valence-electron chi connectivity index (χ1n) is 7.55. The summed E-state index contributed by atoms with van der Waals surface area (Å²) in [5.41, 5.74) is 1.98. The summed E-state index contributed by atoms with van der Waals surface area (Å²) in [7, 11) is 0. The SMILES string of the molecule is CCNC(C)c1ccc(NC(=O)NC(C)COCC)cc1. The van der Waals surface area contributed by atoms with Crippen LogP contribution in [-0.4, -0.2) is 31.8 Å². The predicted molar refractivity (Wildman–Crippen MR) is 86.6 cm³/mol. The number of ether oxygens (including phenoxy) is 1. The number of benzene rings is 1. The maximum Gasteiger partial charge on any atom is 0.319 e. The van der Waals surface area contributed by atoms with Crippen LogP contribution < -0.4 is 16.0 Å². The molecule has 0 aliphatic carbocycles. The Kier molecular flexibility index (Phi) is 7.79. The molecule has 5 nitrogen and oxygen atoms in total. The lowest BCUT2D eigenvalue weighted by Gasteiger charge is -2.15. The van der Waals surface area contributed by atoms with Gasteiger partial charge in [0.15, 0.2) is 0 Å². The summed E-state index contributed by atoms with van der Waals surface area (Å²) in [6, 6.07) is 7.95. The molecule has 1 aromatic carbocycles. The fourth-order valence-electron chi connectivity index (χ4n) is 2.01. The minimum absolute atomic E-state index is 0.0157. The van der Waals surface area contributed by atoms with Gasteiger partial charge in [0.2, 0.25) is 0 Å². The van der Waals surface area contributed by atoms with Crippen molar-refractivity contribution in [2.45, 2.75) is 39.8 Å². The van der Waals surface area contributed by atoms with Gasteiger partial charge in [0.1, 0.15) is 0 Å². The van der Waals surface area contributed by atoms with Gasteiger partial charge in [0.05, 0.1) is 12.6 Å². The molecule has 3 N–H and O–H groups in total. The Bertz CT molecular complexity index is 420. The third-order valence-corrected chi connectivity index (χ3v) is 3.13. The molecule has 0 aliphatic rings. The van der Waals surface area contributed by atoms with Crippen molar-refractivity contribution in [1.29, 1.82) is 0 Å². The summed E-state index contributed by atoms with van der Waals surface area (Å²) < 4.78 is 5.26. The normalized spacial score (nSPS) is 13.5. The molecule has 0 saturated carbocycles. The molecule has 5 heteroatoms. The van der Waals surface area contributed by atoms with Gasteiger partial charge in [0, 0.05) is 18.3 Å². The molecule has 0 heterocycles. The van der Waals surface area contributed by atoms with Gasteiger partial charge in [-0.25, -0.2) is 4.79 Å². The number of carbonyl (C=O) groups is 1. The first-order valence-corrected chi connectivity index (χ1v) is 7.55. The van der Waals surface area contributed by atoms with Crippen LogP contribution in [0.15, 0.2) is 24.3 Å². The van der Waals surface area contributed by atoms with Crippen molar-refractivity contribution in [2.24, 2.45) is 0 Å². The molecule has 21 heavy (non-hydrogen) atoms. The molecule has 0 saturated heterocycles. The van der Waals surface area contributed by atoms with E-state index in [1.165, 1.54) is 5.56 Å². The second-order valence-corrected chi connectivity index (χ2v) is 5.06. The van der Waals surface area contributed by atoms with E-state index in [0.717, 1.165) is 12.2 Å². The molecule has 2 unspecified atom stereocenters. The van der Waals surface area contributed by atoms with Gasteiger partial charge in [-0.1, -0.05) is 19.1 Å². The fraction of sp³-hybridized carbons (Fsp3) is 0.562. The predicted octanol–water partition coefficient (Wildman–Crippen LogP) is 2.90. The zero-order valence-electron chi connectivity index (χ0n) is 13.4. The van der Waals surface area contributed by atoms with Crippen molar-refractivity contribution >= 4 is 11.7 Å². The van der Waals surface area contributed by atoms with E-state index in [1.807, 2.05) is 38.1 Å². The molecular weight excluding hydrogens is 266 g/mol. The maximum absolute atomic E-state index is 11.8. The van der Waals surface area contributed by atoms with Gasteiger partial charge in [-0.15, -0.1) is 0 Å². The van der Waals surface area contributed by atoms with E-state index in [9.17, 15) is 4.79 Å². The highest BCUT2D eigenvalue weighted by molar-refractivity contribution is 5.89. The minimum Gasteiger partial charge on any atom is -0.380 e. The molecule has 0 bridgehead atoms. The Morgan fingerprint density at radius 3 is 2.43 bits per heavy atom. The van der Waals surface area contributed by atoms with Crippen molar-refractivity contribution in [3.05, 3.63) is 29.8 Å². The van der Waals surface area contributed by atoms with E-state index in [-0.39, 0.29) is 12.1 Å². The lowest BCUT2D eigenvalue weighted by Crippen LogP contribution is -2.38. The molecule has 0 fully saturated rings. The largest absolute Gasteiger partial charge is 0.380 e. The average Bonchev–Trinajstić information content (AvgIpc) is 2.46. The standard InChI is InChI=1S/C16H27N3O2/c1-5-17-13(4)14-7-9-15(10-8-14)19-16(20)18-12(3)11-21-6-2/h7-10,12-13,17H,5-6,11H2,1-4H3,(H2,18,19,20). The Balaban J connectivity index is 2.46. The zero-order valence-corrected chi connectivity index (χ0v) is 13.4. The number of amides is 2. The number of hydrogen-bond acceptors (Lipinski definition) is 3. The van der Waals surface area contributed by atoms with Gasteiger partial charge < -0.3 is 20.7 Å². The Labute approximate surface area is 127 Å². The van der Waals surface area contributed by atoms with E-state index in [0.29, 0.717) is 19.3 Å². The highest BCUT2D eigenvalue weighted by Gasteiger charge is 2.08. The van der Waals surface area contributed by atoms with Gasteiger partial charge in [-0.3, -0.25) is 0 Å². The van der Waals surface area contributed by atoms with Crippen LogP contribution in [0.2, 0.25) is 0 Å². The van der Waals surface area contributed by atoms with Crippen LogP contribution >= 0.6 is 0 Å². The van der Waals surface area contributed by atoms with Crippen molar-refractivity contribution < 1.29 is 9.53 Å². The Morgan fingerprint density at radius 1 is 1.19 bits per heavy atom. The minimum atomic E-state index is -0.213. The van der Waals surface area contributed by atoms with Gasteiger partial charge in [-0.2, -0.15) is 0 Å². The molecule has 1 rings (SSSR count). The first kappa shape index (κ1) is 17.5. The second kappa shape index (κ2) is 9.37. The Hall–Kier alpha value is -1.59. The van der Waals surface area contributed by atoms with Gasteiger partial charge in [-0.05, 0) is 45.0 Å². The number of anilines is 1. The topological polar surface area (TPSA) is 62.4 Å². The number of carbonyl (C=O) groups excluding carboxylic acids is 1. The first-order chi connectivity index (χ1) is 10.1. The summed E-state index contributed by atoms with van der Waals surface area (Å²) in [6.45, 7) is 10.1. The Morgan fingerprint density at radius 2 is 1.86 bits per heavy atom. The summed E-state index contributed by atoms with van der Waals surface area (Å²) >= 11 is 0. The van der Waals surface area contributed by atoms with Crippen molar-refractivity contribution in [3.8, 4) is 0 Å². The van der Waals surface area contributed by atoms with E-state index in [2.05, 4.69) is 29.8 Å². The number of hydrogen-bond donors (Lipinski definition) is 3. The molecule has 118 valence electrons. The van der Waals surface area contributed by atoms with E-state index >= 15 is 0 Å². The van der Waals surface area contributed by atoms with Crippen LogP contribution in [0.3, 0.4) is 0 Å². The van der Waals surface area contributed by atoms with Crippen molar-refractivity contribution in [1.82, 2.24) is 10.6 Å². The summed E-state index contributed by atoms with van der Waals surface area (Å²) in [6.07, 6.45) is 0. The highest BCUT2D eigenvalue weighted by atomic mass is 16.5. The quantitative estimate of drug-likeness (QED) is 0.690. The lowest BCUT2D eigenvalue weighted by molar-refractivity contribution is 0.129. The number of urea groups is 1. The third kappa shape index (κ3) is 6.60. The molecule has 0 spiro atoms. The van der Waals surface area contributed by atoms with E-state index in [1.54, 1.807) is 0 Å². The molecule has 2 amide bonds. The lowest BCUT2D eigenvalue weighted by atomic mass is 10.1. The second-order valence-electron chi connectivity index (χ2n) is 5.06. The van der Waals surface area contributed by atoms with Crippen LogP contribution in [0.25, 0.3) is 0 Å². The molecule has 0 aliphatic heterocycles. The van der Waals surface area contributed by atoms with Crippen LogP contribution in [-0.2, 0) is 4.74 Å². The molecular formula is C16H27N3O2. The van der Waals surface area contributed by atoms with Crippen molar-refractivity contribution in [3.63, 3.8) is 0 Å². The fourth-order valence-corrected chi connectivity index (χ4v) is 2.01. The van der Waals surface area contributed by atoms with Gasteiger partial charge in [0.25, 0.3) is 0 Å². The van der Waals surface area contributed by atoms with Crippen LogP contribution in [0.1, 0.15) is 39.3 Å². The monoisotopic (exact) mass is 293 g/mol. The number of nitrogens with one attached hydrogen (secondary N) is 3. The third-order valence-electron chi connectivity index (χ3n) is 3.13. The average molecular weight is 293 g/mol. The molecule has 1 aromatic rings. The number of rotatable bonds is 8. The van der Waals surface area contributed by atoms with Crippen molar-refractivity contribution in [2.75, 3.05) is 25.1 Å². The molecule has 0 aromatic heterocycles. The maximum atomic E-state index is 11.8. The smallest absolute Gasteiger partial charge is 0.319 e. The molecule has 0 radical (unpaired) electrons. The summed E-state index contributed by atoms with van der Waals surface area (Å²) in [5, 5.41) is 9.01. The zero-order chi connectivity index (χ0) is 15.7. The molecule has 2 atom stereocenters. The van der Waals surface area contributed by atoms with E-state index < -0.39 is 0 Å². The summed E-state index contributed by atoms with van der Waals surface area (Å²) in [4.78, 5) is 11.8. The van der Waals surface area contributed by atoms with Crippen LogP contribution in [0.5, 0.6) is 0 Å². The van der Waals surface area contributed by atoms with Crippen LogP contribution in [0, 0.1) is 0 Å². The summed E-state index contributed by atoms with van der Waals surface area (Å²) in [5.74, 6) is 0.